The van der Waals surface area contributed by atoms with Gasteiger partial charge >= 0.3 is 0 Å². The van der Waals surface area contributed by atoms with Crippen LogP contribution in [0.15, 0.2) is 12.7 Å². The summed E-state index contributed by atoms with van der Waals surface area (Å²) in [5.41, 5.74) is -0.258. The Morgan fingerprint density at radius 2 is 2.08 bits per heavy atom. The van der Waals surface area contributed by atoms with Gasteiger partial charge in [0.05, 0.1) is 0 Å². The Labute approximate surface area is 80.6 Å². The molecule has 74 valence electrons. The van der Waals surface area contributed by atoms with Crippen LogP contribution in [0.3, 0.4) is 0 Å². The van der Waals surface area contributed by atoms with E-state index in [0.29, 0.717) is 12.6 Å². The first-order valence-electron chi connectivity index (χ1n) is 4.89. The first-order valence-corrected chi connectivity index (χ1v) is 4.89. The summed E-state index contributed by atoms with van der Waals surface area (Å²) in [5.74, 6) is 0.245. The molecule has 0 saturated heterocycles. The highest BCUT2D eigenvalue weighted by Gasteiger charge is 2.36. The van der Waals surface area contributed by atoms with Crippen molar-refractivity contribution in [3.63, 3.8) is 0 Å². The monoisotopic (exact) mass is 181 g/mol. The van der Waals surface area contributed by atoms with Gasteiger partial charge in [-0.05, 0) is 12.8 Å². The molecule has 0 aliphatic heterocycles. The van der Waals surface area contributed by atoms with Gasteiger partial charge in [0.1, 0.15) is 0 Å². The molecule has 0 unspecified atom stereocenters. The maximum Gasteiger partial charge on any atom is 0.228 e. The van der Waals surface area contributed by atoms with Crippen molar-refractivity contribution < 1.29 is 4.79 Å². The number of nitrogens with zero attached hydrogens (tertiary/aromatic N) is 1. The van der Waals surface area contributed by atoms with Gasteiger partial charge in [0, 0.05) is 18.0 Å². The second kappa shape index (κ2) is 3.52. The van der Waals surface area contributed by atoms with Crippen molar-refractivity contribution in [3.05, 3.63) is 12.7 Å². The fourth-order valence-electron chi connectivity index (χ4n) is 1.35. The Bertz CT molecular complexity index is 211. The number of rotatable bonds is 3. The highest BCUT2D eigenvalue weighted by Crippen LogP contribution is 2.30. The summed E-state index contributed by atoms with van der Waals surface area (Å²) in [4.78, 5) is 13.9. The van der Waals surface area contributed by atoms with Crippen LogP contribution < -0.4 is 0 Å². The van der Waals surface area contributed by atoms with Gasteiger partial charge in [0.25, 0.3) is 0 Å². The van der Waals surface area contributed by atoms with E-state index in [-0.39, 0.29) is 11.3 Å². The molecule has 2 heteroatoms. The normalized spacial score (nSPS) is 16.8. The fourth-order valence-corrected chi connectivity index (χ4v) is 1.35. The highest BCUT2D eigenvalue weighted by molar-refractivity contribution is 5.82. The van der Waals surface area contributed by atoms with Gasteiger partial charge in [-0.25, -0.2) is 0 Å². The molecule has 1 fully saturated rings. The van der Waals surface area contributed by atoms with E-state index in [0.717, 1.165) is 12.8 Å². The van der Waals surface area contributed by atoms with Gasteiger partial charge in [0.15, 0.2) is 0 Å². The third kappa shape index (κ3) is 2.58. The molecule has 0 bridgehead atoms. The molecule has 0 spiro atoms. The first kappa shape index (κ1) is 10.3. The number of amides is 1. The minimum absolute atomic E-state index is 0.245. The summed E-state index contributed by atoms with van der Waals surface area (Å²) in [6, 6.07) is 0.490. The van der Waals surface area contributed by atoms with Gasteiger partial charge in [-0.3, -0.25) is 4.79 Å². The van der Waals surface area contributed by atoms with E-state index in [1.807, 2.05) is 31.7 Å². The average molecular weight is 181 g/mol. The molecule has 1 aliphatic rings. The highest BCUT2D eigenvalue weighted by atomic mass is 16.2. The van der Waals surface area contributed by atoms with Crippen LogP contribution in [-0.2, 0) is 4.79 Å². The van der Waals surface area contributed by atoms with E-state index in [4.69, 9.17) is 0 Å². The van der Waals surface area contributed by atoms with E-state index in [9.17, 15) is 4.79 Å². The Morgan fingerprint density at radius 1 is 1.54 bits per heavy atom. The summed E-state index contributed by atoms with van der Waals surface area (Å²) < 4.78 is 0. The number of hydrogen-bond donors (Lipinski definition) is 0. The molecular formula is C11H19NO. The van der Waals surface area contributed by atoms with Crippen LogP contribution in [0, 0.1) is 5.41 Å². The third-order valence-corrected chi connectivity index (χ3v) is 2.22. The van der Waals surface area contributed by atoms with E-state index in [1.165, 1.54) is 0 Å². The minimum atomic E-state index is -0.258. The smallest absolute Gasteiger partial charge is 0.228 e. The van der Waals surface area contributed by atoms with Crippen molar-refractivity contribution in [3.8, 4) is 0 Å². The van der Waals surface area contributed by atoms with Crippen LogP contribution in [0.2, 0.25) is 0 Å². The van der Waals surface area contributed by atoms with Crippen molar-refractivity contribution in [2.24, 2.45) is 5.41 Å². The van der Waals surface area contributed by atoms with Gasteiger partial charge in [0.2, 0.25) is 5.91 Å². The maximum absolute atomic E-state index is 11.9. The first-order chi connectivity index (χ1) is 5.96. The van der Waals surface area contributed by atoms with Gasteiger partial charge in [-0.2, -0.15) is 0 Å². The SMILES string of the molecule is C=CCN(C(=O)C(C)(C)C)C1CC1. The standard InChI is InChI=1S/C11H19NO/c1-5-8-12(9-6-7-9)10(13)11(2,3)4/h5,9H,1,6-8H2,2-4H3. The topological polar surface area (TPSA) is 20.3 Å². The molecule has 1 aliphatic carbocycles. The molecule has 0 atom stereocenters. The van der Waals surface area contributed by atoms with Crippen LogP contribution in [0.1, 0.15) is 33.6 Å². The maximum atomic E-state index is 11.9. The average Bonchev–Trinajstić information content (AvgIpc) is 2.79. The molecule has 0 heterocycles. The Kier molecular flexibility index (Phi) is 2.79. The minimum Gasteiger partial charge on any atom is -0.336 e. The molecule has 0 radical (unpaired) electrons. The Hall–Kier alpha value is -0.790. The number of carbonyl (C=O) groups excluding carboxylic acids is 1. The quantitative estimate of drug-likeness (QED) is 0.611. The van der Waals surface area contributed by atoms with E-state index in [1.54, 1.807) is 0 Å². The zero-order chi connectivity index (χ0) is 10.1. The molecule has 0 aromatic rings. The molecule has 1 amide bonds. The Morgan fingerprint density at radius 3 is 2.38 bits per heavy atom. The molecular weight excluding hydrogens is 162 g/mol. The molecule has 0 aromatic carbocycles. The van der Waals surface area contributed by atoms with Crippen LogP contribution in [0.4, 0.5) is 0 Å². The van der Waals surface area contributed by atoms with E-state index in [2.05, 4.69) is 6.58 Å². The second-order valence-corrected chi connectivity index (χ2v) is 4.73. The zero-order valence-corrected chi connectivity index (χ0v) is 8.84. The number of hydrogen-bond acceptors (Lipinski definition) is 1. The van der Waals surface area contributed by atoms with Crippen molar-refractivity contribution in [2.45, 2.75) is 39.7 Å². The van der Waals surface area contributed by atoms with Crippen LogP contribution in [0.5, 0.6) is 0 Å². The molecule has 13 heavy (non-hydrogen) atoms. The largest absolute Gasteiger partial charge is 0.336 e. The van der Waals surface area contributed by atoms with Gasteiger partial charge < -0.3 is 4.90 Å². The van der Waals surface area contributed by atoms with Crippen LogP contribution in [0.25, 0.3) is 0 Å². The van der Waals surface area contributed by atoms with Crippen molar-refractivity contribution >= 4 is 5.91 Å². The predicted molar refractivity (Wildman–Crippen MR) is 54.4 cm³/mol. The molecule has 1 rings (SSSR count). The molecule has 1 saturated carbocycles. The summed E-state index contributed by atoms with van der Waals surface area (Å²) in [7, 11) is 0. The third-order valence-electron chi connectivity index (χ3n) is 2.22. The lowest BCUT2D eigenvalue weighted by Crippen LogP contribution is -2.40. The lowest BCUT2D eigenvalue weighted by atomic mass is 9.94. The van der Waals surface area contributed by atoms with Crippen molar-refractivity contribution in [1.29, 1.82) is 0 Å². The zero-order valence-electron chi connectivity index (χ0n) is 8.84. The molecule has 2 nitrogen and oxygen atoms in total. The second-order valence-electron chi connectivity index (χ2n) is 4.73. The van der Waals surface area contributed by atoms with Gasteiger partial charge in [-0.1, -0.05) is 26.8 Å². The Balaban J connectivity index is 2.63. The lowest BCUT2D eigenvalue weighted by molar-refractivity contribution is -0.139. The predicted octanol–water partition coefficient (Wildman–Crippen LogP) is 2.21. The lowest BCUT2D eigenvalue weighted by Gasteiger charge is -2.28. The summed E-state index contributed by atoms with van der Waals surface area (Å²) >= 11 is 0. The van der Waals surface area contributed by atoms with E-state index >= 15 is 0 Å². The van der Waals surface area contributed by atoms with Crippen molar-refractivity contribution in [2.75, 3.05) is 6.54 Å². The van der Waals surface area contributed by atoms with E-state index < -0.39 is 0 Å². The summed E-state index contributed by atoms with van der Waals surface area (Å²) in [6.45, 7) is 10.3. The number of carbonyl (C=O) groups is 1. The molecule has 0 N–H and O–H groups in total. The van der Waals surface area contributed by atoms with Crippen LogP contribution >= 0.6 is 0 Å². The molecule has 0 aromatic heterocycles. The summed E-state index contributed by atoms with van der Waals surface area (Å²) in [5, 5.41) is 0. The van der Waals surface area contributed by atoms with Crippen LogP contribution in [-0.4, -0.2) is 23.4 Å². The summed E-state index contributed by atoms with van der Waals surface area (Å²) in [6.07, 6.45) is 4.13. The fraction of sp³-hybridized carbons (Fsp3) is 0.727. The van der Waals surface area contributed by atoms with Gasteiger partial charge in [-0.15, -0.1) is 6.58 Å². The van der Waals surface area contributed by atoms with Crippen molar-refractivity contribution in [1.82, 2.24) is 4.90 Å².